The number of hydrogen-bond acceptors (Lipinski definition) is 4. The van der Waals surface area contributed by atoms with Crippen molar-refractivity contribution in [2.75, 3.05) is 13.1 Å². The van der Waals surface area contributed by atoms with E-state index < -0.39 is 0 Å². The minimum atomic E-state index is -0.277. The fourth-order valence-corrected chi connectivity index (χ4v) is 3.56. The Morgan fingerprint density at radius 2 is 2.14 bits per heavy atom. The summed E-state index contributed by atoms with van der Waals surface area (Å²) in [6, 6.07) is 13.0. The van der Waals surface area contributed by atoms with Crippen LogP contribution in [0, 0.1) is 0 Å². The molecule has 6 nitrogen and oxygen atoms in total. The average molecular weight is 378 g/mol. The Kier molecular flexibility index (Phi) is 6.55. The summed E-state index contributed by atoms with van der Waals surface area (Å²) in [5.41, 5.74) is 2.55. The van der Waals surface area contributed by atoms with Gasteiger partial charge in [0.15, 0.2) is 0 Å². The molecule has 2 N–H and O–H groups in total. The Hall–Kier alpha value is -2.99. The normalized spacial score (nSPS) is 19.2. The van der Waals surface area contributed by atoms with Gasteiger partial charge >= 0.3 is 0 Å². The van der Waals surface area contributed by atoms with Crippen LogP contribution in [0.5, 0.6) is 0 Å². The van der Waals surface area contributed by atoms with Crippen molar-refractivity contribution in [2.45, 2.75) is 32.0 Å². The van der Waals surface area contributed by atoms with Crippen LogP contribution in [-0.2, 0) is 11.3 Å². The molecule has 2 atom stereocenters. The SMILES string of the molecule is C=Cc1cccc(CN2C[C@@H](NC(=O)c3ccccn3)C[C@H]2C(=O)NCC)c1. The molecule has 0 radical (unpaired) electrons. The number of hydrogen-bond donors (Lipinski definition) is 2. The molecule has 28 heavy (non-hydrogen) atoms. The smallest absolute Gasteiger partial charge is 0.270 e. The minimum absolute atomic E-state index is 0.00281. The van der Waals surface area contributed by atoms with Crippen molar-refractivity contribution in [3.8, 4) is 0 Å². The summed E-state index contributed by atoms with van der Waals surface area (Å²) in [6.07, 6.45) is 3.98. The molecule has 1 aliphatic rings. The molecular formula is C22H26N4O2. The molecular weight excluding hydrogens is 352 g/mol. The summed E-state index contributed by atoms with van der Waals surface area (Å²) >= 11 is 0. The lowest BCUT2D eigenvalue weighted by atomic mass is 10.1. The van der Waals surface area contributed by atoms with E-state index in [4.69, 9.17) is 0 Å². The summed E-state index contributed by atoms with van der Waals surface area (Å²) in [7, 11) is 0. The molecule has 0 spiro atoms. The van der Waals surface area contributed by atoms with Crippen LogP contribution in [-0.4, -0.2) is 46.9 Å². The third kappa shape index (κ3) is 4.84. The Bertz CT molecular complexity index is 837. The number of pyridine rings is 1. The van der Waals surface area contributed by atoms with Crippen LogP contribution >= 0.6 is 0 Å². The van der Waals surface area contributed by atoms with Gasteiger partial charge in [0.2, 0.25) is 5.91 Å². The molecule has 6 heteroatoms. The standard InChI is InChI=1S/C22H26N4O2/c1-3-16-8-7-9-17(12-16)14-26-15-18(13-20(26)22(28)23-4-2)25-21(27)19-10-5-6-11-24-19/h3,5-12,18,20H,1,4,13-15H2,2H3,(H,23,28)(H,25,27)/t18-,20-/m0/s1. The van der Waals surface area contributed by atoms with E-state index in [1.54, 1.807) is 24.4 Å². The number of nitrogens with one attached hydrogen (secondary N) is 2. The fraction of sp³-hybridized carbons (Fsp3) is 0.318. The summed E-state index contributed by atoms with van der Waals surface area (Å²) in [5.74, 6) is -0.215. The van der Waals surface area contributed by atoms with E-state index in [1.165, 1.54) is 0 Å². The van der Waals surface area contributed by atoms with E-state index in [1.807, 2.05) is 31.2 Å². The van der Waals surface area contributed by atoms with Gasteiger partial charge in [-0.1, -0.05) is 43.0 Å². The molecule has 1 fully saturated rings. The van der Waals surface area contributed by atoms with E-state index in [2.05, 4.69) is 33.2 Å². The van der Waals surface area contributed by atoms with Crippen molar-refractivity contribution >= 4 is 17.9 Å². The summed E-state index contributed by atoms with van der Waals surface area (Å²) < 4.78 is 0. The Balaban J connectivity index is 1.72. The second-order valence-electron chi connectivity index (χ2n) is 6.91. The van der Waals surface area contributed by atoms with Crippen molar-refractivity contribution in [3.05, 3.63) is 72.1 Å². The molecule has 146 valence electrons. The number of carbonyl (C=O) groups excluding carboxylic acids is 2. The molecule has 1 aromatic carbocycles. The maximum absolute atomic E-state index is 12.6. The fourth-order valence-electron chi connectivity index (χ4n) is 3.56. The minimum Gasteiger partial charge on any atom is -0.355 e. The lowest BCUT2D eigenvalue weighted by Gasteiger charge is -2.23. The van der Waals surface area contributed by atoms with Crippen molar-refractivity contribution in [3.63, 3.8) is 0 Å². The van der Waals surface area contributed by atoms with Crippen molar-refractivity contribution in [2.24, 2.45) is 0 Å². The molecule has 0 aliphatic carbocycles. The first-order valence-corrected chi connectivity index (χ1v) is 9.55. The highest BCUT2D eigenvalue weighted by atomic mass is 16.2. The highest BCUT2D eigenvalue weighted by molar-refractivity contribution is 5.92. The number of likely N-dealkylation sites (N-methyl/N-ethyl adjacent to an activating group) is 1. The lowest BCUT2D eigenvalue weighted by molar-refractivity contribution is -0.125. The van der Waals surface area contributed by atoms with Gasteiger partial charge in [0, 0.05) is 31.9 Å². The van der Waals surface area contributed by atoms with Crippen LogP contribution in [0.25, 0.3) is 6.08 Å². The van der Waals surface area contributed by atoms with E-state index in [-0.39, 0.29) is 23.9 Å². The predicted molar refractivity (Wildman–Crippen MR) is 110 cm³/mol. The molecule has 2 amide bonds. The lowest BCUT2D eigenvalue weighted by Crippen LogP contribution is -2.42. The Labute approximate surface area is 165 Å². The van der Waals surface area contributed by atoms with Gasteiger partial charge in [-0.2, -0.15) is 0 Å². The number of amides is 2. The molecule has 0 bridgehead atoms. The van der Waals surface area contributed by atoms with Crippen LogP contribution in [0.15, 0.2) is 55.2 Å². The van der Waals surface area contributed by atoms with E-state index in [0.29, 0.717) is 31.7 Å². The molecule has 2 aromatic rings. The Morgan fingerprint density at radius 1 is 1.29 bits per heavy atom. The van der Waals surface area contributed by atoms with E-state index in [9.17, 15) is 9.59 Å². The Morgan fingerprint density at radius 3 is 2.86 bits per heavy atom. The quantitative estimate of drug-likeness (QED) is 0.775. The van der Waals surface area contributed by atoms with Crippen molar-refractivity contribution in [1.82, 2.24) is 20.5 Å². The maximum Gasteiger partial charge on any atom is 0.270 e. The number of likely N-dealkylation sites (tertiary alicyclic amines) is 1. The van der Waals surface area contributed by atoms with Crippen molar-refractivity contribution in [1.29, 1.82) is 0 Å². The second kappa shape index (κ2) is 9.28. The highest BCUT2D eigenvalue weighted by Crippen LogP contribution is 2.22. The number of aromatic nitrogens is 1. The summed E-state index contributed by atoms with van der Waals surface area (Å²) in [5, 5.41) is 5.93. The van der Waals surface area contributed by atoms with Gasteiger partial charge in [-0.15, -0.1) is 0 Å². The summed E-state index contributed by atoms with van der Waals surface area (Å²) in [6.45, 7) is 7.55. The largest absolute Gasteiger partial charge is 0.355 e. The van der Waals surface area contributed by atoms with Gasteiger partial charge in [-0.3, -0.25) is 19.5 Å². The molecule has 1 aliphatic heterocycles. The zero-order chi connectivity index (χ0) is 19.9. The number of benzene rings is 1. The first-order valence-electron chi connectivity index (χ1n) is 9.55. The third-order valence-electron chi connectivity index (χ3n) is 4.86. The third-order valence-corrected chi connectivity index (χ3v) is 4.86. The van der Waals surface area contributed by atoms with Crippen LogP contribution in [0.2, 0.25) is 0 Å². The second-order valence-corrected chi connectivity index (χ2v) is 6.91. The number of nitrogens with zero attached hydrogens (tertiary/aromatic N) is 2. The van der Waals surface area contributed by atoms with Gasteiger partial charge in [0.25, 0.3) is 5.91 Å². The van der Waals surface area contributed by atoms with E-state index in [0.717, 1.165) is 11.1 Å². The highest BCUT2D eigenvalue weighted by Gasteiger charge is 2.37. The zero-order valence-corrected chi connectivity index (χ0v) is 16.1. The van der Waals surface area contributed by atoms with Crippen LogP contribution < -0.4 is 10.6 Å². The van der Waals surface area contributed by atoms with Gasteiger partial charge < -0.3 is 10.6 Å². The molecule has 0 unspecified atom stereocenters. The summed E-state index contributed by atoms with van der Waals surface area (Å²) in [4.78, 5) is 31.2. The van der Waals surface area contributed by atoms with Gasteiger partial charge in [0.05, 0.1) is 6.04 Å². The first-order chi connectivity index (χ1) is 13.6. The van der Waals surface area contributed by atoms with Crippen LogP contribution in [0.1, 0.15) is 35.0 Å². The predicted octanol–water partition coefficient (Wildman–Crippen LogP) is 2.23. The topological polar surface area (TPSA) is 74.3 Å². The van der Waals surface area contributed by atoms with Crippen molar-refractivity contribution < 1.29 is 9.59 Å². The number of carbonyl (C=O) groups is 2. The molecule has 1 saturated heterocycles. The van der Waals surface area contributed by atoms with Gasteiger partial charge in [-0.05, 0) is 36.6 Å². The molecule has 3 rings (SSSR count). The molecule has 1 aromatic heterocycles. The van der Waals surface area contributed by atoms with Gasteiger partial charge in [0.1, 0.15) is 5.69 Å². The molecule has 0 saturated carbocycles. The first kappa shape index (κ1) is 19.8. The number of rotatable bonds is 7. The molecule has 2 heterocycles. The van der Waals surface area contributed by atoms with Gasteiger partial charge in [-0.25, -0.2) is 0 Å². The maximum atomic E-state index is 12.6. The van der Waals surface area contributed by atoms with E-state index >= 15 is 0 Å². The van der Waals surface area contributed by atoms with Crippen LogP contribution in [0.4, 0.5) is 0 Å². The monoisotopic (exact) mass is 378 g/mol. The average Bonchev–Trinajstić information content (AvgIpc) is 3.11. The zero-order valence-electron chi connectivity index (χ0n) is 16.1. The van der Waals surface area contributed by atoms with Crippen LogP contribution in [0.3, 0.4) is 0 Å².